The van der Waals surface area contributed by atoms with Crippen LogP contribution in [0.4, 0.5) is 0 Å². The number of nitrogens with zero attached hydrogens (tertiary/aromatic N) is 1. The van der Waals surface area contributed by atoms with Gasteiger partial charge in [0.05, 0.1) is 5.69 Å². The molecule has 1 heterocycles. The van der Waals surface area contributed by atoms with Gasteiger partial charge in [-0.1, -0.05) is 35.8 Å². The molecule has 4 heteroatoms. The summed E-state index contributed by atoms with van der Waals surface area (Å²) in [5.74, 6) is 1.70. The van der Waals surface area contributed by atoms with Gasteiger partial charge >= 0.3 is 0 Å². The summed E-state index contributed by atoms with van der Waals surface area (Å²) >= 11 is 3.51. The van der Waals surface area contributed by atoms with Crippen LogP contribution >= 0.6 is 15.9 Å². The summed E-state index contributed by atoms with van der Waals surface area (Å²) in [5, 5.41) is 3.34. The predicted octanol–water partition coefficient (Wildman–Crippen LogP) is 4.62. The SMILES string of the molecule is CCNCc1ccc(Br)cc1Oc1ccc(C)nc1CC. The van der Waals surface area contributed by atoms with Gasteiger partial charge in [0.15, 0.2) is 0 Å². The van der Waals surface area contributed by atoms with Crippen LogP contribution < -0.4 is 10.1 Å². The zero-order valence-electron chi connectivity index (χ0n) is 12.7. The molecule has 0 saturated heterocycles. The number of halogens is 1. The summed E-state index contributed by atoms with van der Waals surface area (Å²) in [4.78, 5) is 4.55. The van der Waals surface area contributed by atoms with Crippen LogP contribution in [0.25, 0.3) is 0 Å². The quantitative estimate of drug-likeness (QED) is 0.827. The van der Waals surface area contributed by atoms with Crippen molar-refractivity contribution < 1.29 is 4.74 Å². The summed E-state index contributed by atoms with van der Waals surface area (Å²) < 4.78 is 7.14. The van der Waals surface area contributed by atoms with E-state index in [1.165, 1.54) is 0 Å². The largest absolute Gasteiger partial charge is 0.455 e. The summed E-state index contributed by atoms with van der Waals surface area (Å²) in [5.41, 5.74) is 3.15. The molecule has 0 aliphatic heterocycles. The molecular formula is C17H21BrN2O. The number of hydrogen-bond acceptors (Lipinski definition) is 3. The Morgan fingerprint density at radius 3 is 2.67 bits per heavy atom. The maximum atomic E-state index is 6.13. The summed E-state index contributed by atoms with van der Waals surface area (Å²) in [6, 6.07) is 10.1. The first kappa shape index (κ1) is 16.0. The Kier molecular flexibility index (Phi) is 5.76. The molecule has 0 saturated carbocycles. The van der Waals surface area contributed by atoms with Crippen LogP contribution in [0.2, 0.25) is 0 Å². The van der Waals surface area contributed by atoms with E-state index in [9.17, 15) is 0 Å². The molecule has 0 unspecified atom stereocenters. The molecule has 1 N–H and O–H groups in total. The number of ether oxygens (including phenoxy) is 1. The van der Waals surface area contributed by atoms with Crippen molar-refractivity contribution in [3.8, 4) is 11.5 Å². The van der Waals surface area contributed by atoms with Gasteiger partial charge in [-0.2, -0.15) is 0 Å². The van der Waals surface area contributed by atoms with E-state index < -0.39 is 0 Å². The Balaban J connectivity index is 2.31. The smallest absolute Gasteiger partial charge is 0.148 e. The van der Waals surface area contributed by atoms with Crippen LogP contribution in [0.3, 0.4) is 0 Å². The van der Waals surface area contributed by atoms with Gasteiger partial charge in [-0.3, -0.25) is 4.98 Å². The predicted molar refractivity (Wildman–Crippen MR) is 89.9 cm³/mol. The number of rotatable bonds is 6. The fourth-order valence-electron chi connectivity index (χ4n) is 2.09. The first-order valence-electron chi connectivity index (χ1n) is 7.27. The molecule has 0 spiro atoms. The van der Waals surface area contributed by atoms with Crippen LogP contribution in [-0.2, 0) is 13.0 Å². The maximum absolute atomic E-state index is 6.13. The van der Waals surface area contributed by atoms with Gasteiger partial charge in [-0.15, -0.1) is 0 Å². The first-order chi connectivity index (χ1) is 10.1. The van der Waals surface area contributed by atoms with E-state index in [1.54, 1.807) is 0 Å². The number of aromatic nitrogens is 1. The van der Waals surface area contributed by atoms with Crippen LogP contribution in [0, 0.1) is 6.92 Å². The standard InChI is InChI=1S/C17H21BrN2O/c1-4-15-16(9-6-12(3)20-15)21-17-10-14(18)8-7-13(17)11-19-5-2/h6-10,19H,4-5,11H2,1-3H3. The van der Waals surface area contributed by atoms with Crippen molar-refractivity contribution in [3.63, 3.8) is 0 Å². The van der Waals surface area contributed by atoms with E-state index in [0.29, 0.717) is 0 Å². The van der Waals surface area contributed by atoms with E-state index in [0.717, 1.165) is 52.4 Å². The Hall–Kier alpha value is -1.39. The van der Waals surface area contributed by atoms with Gasteiger partial charge in [0, 0.05) is 22.3 Å². The van der Waals surface area contributed by atoms with E-state index in [2.05, 4.69) is 46.1 Å². The lowest BCUT2D eigenvalue weighted by Gasteiger charge is -2.14. The van der Waals surface area contributed by atoms with E-state index in [-0.39, 0.29) is 0 Å². The summed E-state index contributed by atoms with van der Waals surface area (Å²) in [7, 11) is 0. The minimum atomic E-state index is 0.792. The fraction of sp³-hybridized carbons (Fsp3) is 0.353. The molecule has 0 radical (unpaired) electrons. The van der Waals surface area contributed by atoms with Gasteiger partial charge in [0.1, 0.15) is 11.5 Å². The Morgan fingerprint density at radius 1 is 1.14 bits per heavy atom. The molecular weight excluding hydrogens is 328 g/mol. The second-order valence-electron chi connectivity index (χ2n) is 4.89. The lowest BCUT2D eigenvalue weighted by molar-refractivity contribution is 0.463. The normalized spacial score (nSPS) is 10.7. The third-order valence-electron chi connectivity index (χ3n) is 3.22. The second kappa shape index (κ2) is 7.57. The molecule has 0 fully saturated rings. The van der Waals surface area contributed by atoms with Crippen LogP contribution in [0.15, 0.2) is 34.8 Å². The zero-order valence-corrected chi connectivity index (χ0v) is 14.3. The van der Waals surface area contributed by atoms with Crippen LogP contribution in [0.1, 0.15) is 30.8 Å². The molecule has 0 bridgehead atoms. The van der Waals surface area contributed by atoms with Gasteiger partial charge in [0.25, 0.3) is 0 Å². The van der Waals surface area contributed by atoms with Crippen molar-refractivity contribution in [2.24, 2.45) is 0 Å². The van der Waals surface area contributed by atoms with Gasteiger partial charge in [-0.25, -0.2) is 0 Å². The number of pyridine rings is 1. The first-order valence-corrected chi connectivity index (χ1v) is 8.06. The molecule has 1 aromatic carbocycles. The van der Waals surface area contributed by atoms with Crippen molar-refractivity contribution >= 4 is 15.9 Å². The van der Waals surface area contributed by atoms with Crippen LogP contribution in [-0.4, -0.2) is 11.5 Å². The highest BCUT2D eigenvalue weighted by Crippen LogP contribution is 2.30. The fourth-order valence-corrected chi connectivity index (χ4v) is 2.43. The highest BCUT2D eigenvalue weighted by Gasteiger charge is 2.09. The van der Waals surface area contributed by atoms with E-state index in [1.807, 2.05) is 31.2 Å². The molecule has 1 aromatic heterocycles. The number of nitrogens with one attached hydrogen (secondary N) is 1. The molecule has 112 valence electrons. The van der Waals surface area contributed by atoms with Gasteiger partial charge < -0.3 is 10.1 Å². The molecule has 2 aromatic rings. The minimum absolute atomic E-state index is 0.792. The Labute approximate surface area is 134 Å². The molecule has 2 rings (SSSR count). The molecule has 3 nitrogen and oxygen atoms in total. The number of aryl methyl sites for hydroxylation is 2. The lowest BCUT2D eigenvalue weighted by atomic mass is 10.2. The van der Waals surface area contributed by atoms with Crippen molar-refractivity contribution in [3.05, 3.63) is 51.8 Å². The zero-order chi connectivity index (χ0) is 15.2. The lowest BCUT2D eigenvalue weighted by Crippen LogP contribution is -2.12. The molecule has 0 amide bonds. The maximum Gasteiger partial charge on any atom is 0.148 e. The number of benzene rings is 1. The molecule has 0 aliphatic rings. The third-order valence-corrected chi connectivity index (χ3v) is 3.71. The molecule has 21 heavy (non-hydrogen) atoms. The Morgan fingerprint density at radius 2 is 1.95 bits per heavy atom. The highest BCUT2D eigenvalue weighted by atomic mass is 79.9. The highest BCUT2D eigenvalue weighted by molar-refractivity contribution is 9.10. The van der Waals surface area contributed by atoms with E-state index in [4.69, 9.17) is 4.74 Å². The van der Waals surface area contributed by atoms with Crippen molar-refractivity contribution in [2.45, 2.75) is 33.7 Å². The van der Waals surface area contributed by atoms with E-state index >= 15 is 0 Å². The van der Waals surface area contributed by atoms with Gasteiger partial charge in [0.2, 0.25) is 0 Å². The topological polar surface area (TPSA) is 34.1 Å². The van der Waals surface area contributed by atoms with Crippen molar-refractivity contribution in [1.29, 1.82) is 0 Å². The second-order valence-corrected chi connectivity index (χ2v) is 5.80. The number of hydrogen-bond donors (Lipinski definition) is 1. The molecule has 0 aliphatic carbocycles. The van der Waals surface area contributed by atoms with Crippen molar-refractivity contribution in [2.75, 3.05) is 6.54 Å². The summed E-state index contributed by atoms with van der Waals surface area (Å²) in [6.45, 7) is 7.91. The van der Waals surface area contributed by atoms with Crippen LogP contribution in [0.5, 0.6) is 11.5 Å². The molecule has 0 atom stereocenters. The Bertz CT molecular complexity index is 614. The average Bonchev–Trinajstić information content (AvgIpc) is 2.48. The van der Waals surface area contributed by atoms with Crippen molar-refractivity contribution in [1.82, 2.24) is 10.3 Å². The monoisotopic (exact) mass is 348 g/mol. The average molecular weight is 349 g/mol. The van der Waals surface area contributed by atoms with Gasteiger partial charge in [-0.05, 0) is 44.2 Å². The summed E-state index contributed by atoms with van der Waals surface area (Å²) in [6.07, 6.45) is 0.855. The third kappa shape index (κ3) is 4.29. The minimum Gasteiger partial charge on any atom is -0.455 e.